The maximum atomic E-state index is 11.4. The summed E-state index contributed by atoms with van der Waals surface area (Å²) >= 11 is -2.43. The van der Waals surface area contributed by atoms with Gasteiger partial charge >= 0.3 is 0 Å². The number of phenols is 1. The van der Waals surface area contributed by atoms with E-state index < -0.39 is 36.7 Å². The Morgan fingerprint density at radius 1 is 1.03 bits per heavy atom. The number of fused-ring (bicyclic) bond motifs is 1. The first-order valence-corrected chi connectivity index (χ1v) is 10.2. The third kappa shape index (κ3) is 4.27. The molecule has 0 aliphatic rings. The van der Waals surface area contributed by atoms with Gasteiger partial charge in [-0.2, -0.15) is 8.42 Å². The molecular formula is C16H11N3O8S2. The van der Waals surface area contributed by atoms with Crippen molar-refractivity contribution < 1.29 is 31.8 Å². The molecule has 0 fully saturated rings. The van der Waals surface area contributed by atoms with E-state index in [1.807, 2.05) is 0 Å². The maximum absolute atomic E-state index is 11.4. The lowest BCUT2D eigenvalue weighted by Crippen LogP contribution is -1.97. The lowest BCUT2D eigenvalue weighted by molar-refractivity contribution is -0.384. The number of phenolic OH excluding ortho intramolecular Hbond substituents is 1. The van der Waals surface area contributed by atoms with Gasteiger partial charge in [-0.25, -0.2) is 4.21 Å². The maximum Gasteiger partial charge on any atom is 0.298 e. The quantitative estimate of drug-likeness (QED) is 0.178. The third-order valence-corrected chi connectivity index (χ3v) is 5.35. The highest BCUT2D eigenvalue weighted by molar-refractivity contribution is 7.85. The summed E-state index contributed by atoms with van der Waals surface area (Å²) in [7, 11) is -4.52. The van der Waals surface area contributed by atoms with E-state index >= 15 is 0 Å². The van der Waals surface area contributed by atoms with Crippen LogP contribution in [-0.2, 0) is 21.2 Å². The fourth-order valence-electron chi connectivity index (χ4n) is 2.48. The fraction of sp³-hybridized carbons (Fsp3) is 0. The molecule has 0 heterocycles. The Hall–Kier alpha value is -3.26. The lowest BCUT2D eigenvalue weighted by Gasteiger charge is -2.06. The van der Waals surface area contributed by atoms with Gasteiger partial charge in [-0.15, -0.1) is 10.2 Å². The minimum Gasteiger partial charge on any atom is -0.506 e. The standard InChI is InChI=1S/C16H11N3O8S2/c20-15-6-2-9-1-4-11(29(25,26)27)8-12(9)16(15)18-17-13-5-3-10(28(23)24)7-14(13)19(21)22/h1-8,20H,(H,23,24)(H,25,26,27). The number of hydrogen-bond donors (Lipinski definition) is 3. The highest BCUT2D eigenvalue weighted by Gasteiger charge is 2.18. The number of nitro groups is 1. The Morgan fingerprint density at radius 3 is 2.34 bits per heavy atom. The van der Waals surface area contributed by atoms with Crippen molar-refractivity contribution in [1.82, 2.24) is 0 Å². The summed E-state index contributed by atoms with van der Waals surface area (Å²) in [6.45, 7) is 0. The van der Waals surface area contributed by atoms with Crippen molar-refractivity contribution in [2.75, 3.05) is 0 Å². The first-order chi connectivity index (χ1) is 13.6. The van der Waals surface area contributed by atoms with Crippen molar-refractivity contribution in [2.24, 2.45) is 10.2 Å². The second kappa shape index (κ2) is 7.63. The van der Waals surface area contributed by atoms with Crippen LogP contribution in [0, 0.1) is 10.1 Å². The first kappa shape index (κ1) is 20.5. The van der Waals surface area contributed by atoms with Crippen molar-refractivity contribution in [3.05, 3.63) is 58.6 Å². The summed E-state index contributed by atoms with van der Waals surface area (Å²) in [4.78, 5) is 9.76. The largest absolute Gasteiger partial charge is 0.506 e. The molecule has 0 amide bonds. The molecule has 0 radical (unpaired) electrons. The molecular weight excluding hydrogens is 426 g/mol. The highest BCUT2D eigenvalue weighted by Crippen LogP contribution is 2.38. The van der Waals surface area contributed by atoms with Crippen LogP contribution in [0.15, 0.2) is 68.6 Å². The molecule has 0 aliphatic carbocycles. The van der Waals surface area contributed by atoms with Crippen LogP contribution in [0.3, 0.4) is 0 Å². The van der Waals surface area contributed by atoms with E-state index in [4.69, 9.17) is 4.55 Å². The fourth-order valence-corrected chi connectivity index (χ4v) is 3.39. The molecule has 3 N–H and O–H groups in total. The molecule has 150 valence electrons. The lowest BCUT2D eigenvalue weighted by atomic mass is 10.1. The zero-order valence-electron chi connectivity index (χ0n) is 14.2. The van der Waals surface area contributed by atoms with Crippen molar-refractivity contribution >= 4 is 49.0 Å². The molecule has 13 heteroatoms. The van der Waals surface area contributed by atoms with Gasteiger partial charge in [0.2, 0.25) is 0 Å². The van der Waals surface area contributed by atoms with Crippen LogP contribution >= 0.6 is 0 Å². The summed E-state index contributed by atoms with van der Waals surface area (Å²) in [5.74, 6) is -0.385. The van der Waals surface area contributed by atoms with E-state index in [0.717, 1.165) is 30.3 Å². The van der Waals surface area contributed by atoms with Gasteiger partial charge in [-0.3, -0.25) is 14.7 Å². The number of azo groups is 1. The van der Waals surface area contributed by atoms with Crippen LogP contribution in [-0.4, -0.2) is 31.8 Å². The number of aromatic hydroxyl groups is 1. The van der Waals surface area contributed by atoms with Gasteiger partial charge in [0.15, 0.2) is 16.8 Å². The molecule has 3 aromatic carbocycles. The summed E-state index contributed by atoms with van der Waals surface area (Å²) in [6.07, 6.45) is 0. The van der Waals surface area contributed by atoms with E-state index in [1.54, 1.807) is 0 Å². The molecule has 0 spiro atoms. The van der Waals surface area contributed by atoms with Crippen LogP contribution in [0.1, 0.15) is 0 Å². The van der Waals surface area contributed by atoms with Gasteiger partial charge in [0.1, 0.15) is 11.4 Å². The smallest absolute Gasteiger partial charge is 0.298 e. The zero-order valence-corrected chi connectivity index (χ0v) is 15.8. The molecule has 3 rings (SSSR count). The van der Waals surface area contributed by atoms with Gasteiger partial charge in [0, 0.05) is 11.5 Å². The molecule has 29 heavy (non-hydrogen) atoms. The summed E-state index contributed by atoms with van der Waals surface area (Å²) in [5, 5.41) is 29.4. The van der Waals surface area contributed by atoms with E-state index in [0.29, 0.717) is 5.39 Å². The monoisotopic (exact) mass is 437 g/mol. The van der Waals surface area contributed by atoms with E-state index in [1.165, 1.54) is 18.2 Å². The average Bonchev–Trinajstić information content (AvgIpc) is 2.65. The Labute approximate surface area is 165 Å². The van der Waals surface area contributed by atoms with Crippen molar-refractivity contribution in [2.45, 2.75) is 9.79 Å². The highest BCUT2D eigenvalue weighted by atomic mass is 32.2. The molecule has 11 nitrogen and oxygen atoms in total. The minimum absolute atomic E-state index is 0.125. The van der Waals surface area contributed by atoms with Gasteiger partial charge in [0.05, 0.1) is 14.7 Å². The Morgan fingerprint density at radius 2 is 1.72 bits per heavy atom. The zero-order chi connectivity index (χ0) is 21.3. The van der Waals surface area contributed by atoms with Gasteiger partial charge in [0.25, 0.3) is 15.8 Å². The summed E-state index contributed by atoms with van der Waals surface area (Å²) in [5.41, 5.74) is -1.03. The second-order valence-corrected chi connectivity index (χ2v) is 8.04. The van der Waals surface area contributed by atoms with Crippen molar-refractivity contribution in [1.29, 1.82) is 0 Å². The number of nitro benzene ring substituents is 1. The molecule has 3 aromatic rings. The summed E-state index contributed by atoms with van der Waals surface area (Å²) < 4.78 is 52.1. The predicted octanol–water partition coefficient (Wildman–Crippen LogP) is 3.70. The van der Waals surface area contributed by atoms with Crippen molar-refractivity contribution in [3.8, 4) is 5.75 Å². The van der Waals surface area contributed by atoms with Crippen LogP contribution in [0.2, 0.25) is 0 Å². The summed E-state index contributed by atoms with van der Waals surface area (Å²) in [6, 6.07) is 9.49. The van der Waals surface area contributed by atoms with Gasteiger partial charge in [-0.05, 0) is 35.7 Å². The topological polar surface area (TPSA) is 180 Å². The van der Waals surface area contributed by atoms with Crippen LogP contribution in [0.25, 0.3) is 10.8 Å². The van der Waals surface area contributed by atoms with E-state index in [9.17, 15) is 32.4 Å². The van der Waals surface area contributed by atoms with Gasteiger partial charge in [-0.1, -0.05) is 12.1 Å². The normalized spacial score (nSPS) is 13.0. The Bertz CT molecular complexity index is 1310. The molecule has 0 aliphatic heterocycles. The van der Waals surface area contributed by atoms with Crippen LogP contribution in [0.4, 0.5) is 17.1 Å². The molecule has 0 bridgehead atoms. The number of nitrogens with zero attached hydrogens (tertiary/aromatic N) is 3. The van der Waals surface area contributed by atoms with Crippen molar-refractivity contribution in [3.63, 3.8) is 0 Å². The van der Waals surface area contributed by atoms with E-state index in [2.05, 4.69) is 10.2 Å². The third-order valence-electron chi connectivity index (χ3n) is 3.84. The van der Waals surface area contributed by atoms with Crippen LogP contribution < -0.4 is 0 Å². The molecule has 0 saturated carbocycles. The average molecular weight is 437 g/mol. The number of benzene rings is 3. The Kier molecular flexibility index (Phi) is 5.39. The number of rotatable bonds is 5. The molecule has 1 unspecified atom stereocenters. The van der Waals surface area contributed by atoms with E-state index in [-0.39, 0.29) is 27.4 Å². The number of hydrogen-bond acceptors (Lipinski definition) is 8. The second-order valence-electron chi connectivity index (χ2n) is 5.65. The van der Waals surface area contributed by atoms with Gasteiger partial charge < -0.3 is 9.66 Å². The SMILES string of the molecule is O=[N+]([O-])c1cc(S(=O)O)ccc1N=Nc1c(O)ccc2ccc(S(=O)(=O)O)cc12. The Balaban J connectivity index is 2.17. The predicted molar refractivity (Wildman–Crippen MR) is 102 cm³/mol. The molecule has 1 atom stereocenters. The molecule has 0 aromatic heterocycles. The minimum atomic E-state index is -4.52. The van der Waals surface area contributed by atoms with Crippen LogP contribution in [0.5, 0.6) is 5.75 Å². The first-order valence-electron chi connectivity index (χ1n) is 7.62. The molecule has 0 saturated heterocycles.